The normalized spacial score (nSPS) is 21.3. The molecular weight excluding hydrogens is 381 g/mol. The number of rotatable bonds is 4. The maximum atomic E-state index is 14.4. The number of nitriles is 1. The molecule has 5 nitrogen and oxygen atoms in total. The first-order valence-electron chi connectivity index (χ1n) is 10.6. The van der Waals surface area contributed by atoms with Crippen LogP contribution < -0.4 is 10.2 Å². The van der Waals surface area contributed by atoms with Crippen molar-refractivity contribution in [2.24, 2.45) is 0 Å². The van der Waals surface area contributed by atoms with Gasteiger partial charge in [-0.15, -0.1) is 0 Å². The van der Waals surface area contributed by atoms with Crippen molar-refractivity contribution in [3.8, 4) is 17.2 Å². The lowest BCUT2D eigenvalue weighted by Gasteiger charge is -2.38. The van der Waals surface area contributed by atoms with E-state index in [9.17, 15) is 9.50 Å². The van der Waals surface area contributed by atoms with Crippen molar-refractivity contribution < 1.29 is 14.2 Å². The molecule has 0 radical (unpaired) electrons. The van der Waals surface area contributed by atoms with E-state index in [1.165, 1.54) is 12.1 Å². The SMILES string of the molecule is CC1(O)CCN(c2ccc(CC3CNCCO3)cc2-c2ccc(C#N)c(F)c2)CC1. The summed E-state index contributed by atoms with van der Waals surface area (Å²) >= 11 is 0. The van der Waals surface area contributed by atoms with Crippen molar-refractivity contribution in [3.63, 3.8) is 0 Å². The number of halogens is 1. The predicted molar refractivity (Wildman–Crippen MR) is 115 cm³/mol. The number of benzene rings is 2. The molecule has 30 heavy (non-hydrogen) atoms. The van der Waals surface area contributed by atoms with Crippen molar-refractivity contribution in [2.75, 3.05) is 37.7 Å². The molecular formula is C24H28FN3O2. The molecule has 0 aliphatic carbocycles. The average Bonchev–Trinajstić information content (AvgIpc) is 2.75. The Labute approximate surface area is 177 Å². The number of hydrogen-bond acceptors (Lipinski definition) is 5. The second-order valence-corrected chi connectivity index (χ2v) is 8.54. The van der Waals surface area contributed by atoms with Crippen LogP contribution in [0.5, 0.6) is 0 Å². The van der Waals surface area contributed by atoms with Gasteiger partial charge in [0.15, 0.2) is 0 Å². The lowest BCUT2D eigenvalue weighted by atomic mass is 9.91. The van der Waals surface area contributed by atoms with Crippen LogP contribution in [0.2, 0.25) is 0 Å². The van der Waals surface area contributed by atoms with Crippen molar-refractivity contribution in [2.45, 2.75) is 37.9 Å². The van der Waals surface area contributed by atoms with Gasteiger partial charge >= 0.3 is 0 Å². The van der Waals surface area contributed by atoms with Crippen LogP contribution in [0, 0.1) is 17.1 Å². The molecule has 2 N–H and O–H groups in total. The Kier molecular flexibility index (Phi) is 6.05. The van der Waals surface area contributed by atoms with E-state index in [0.717, 1.165) is 55.0 Å². The van der Waals surface area contributed by atoms with Crippen LogP contribution in [-0.4, -0.2) is 49.6 Å². The average molecular weight is 410 g/mol. The van der Waals surface area contributed by atoms with E-state index in [0.29, 0.717) is 19.4 Å². The Morgan fingerprint density at radius 1 is 1.27 bits per heavy atom. The predicted octanol–water partition coefficient (Wildman–Crippen LogP) is 3.25. The largest absolute Gasteiger partial charge is 0.390 e. The molecule has 2 fully saturated rings. The number of aliphatic hydroxyl groups is 1. The van der Waals surface area contributed by atoms with Crippen LogP contribution in [0.1, 0.15) is 30.9 Å². The quantitative estimate of drug-likeness (QED) is 0.811. The van der Waals surface area contributed by atoms with Gasteiger partial charge in [-0.2, -0.15) is 5.26 Å². The first-order valence-corrected chi connectivity index (χ1v) is 10.6. The summed E-state index contributed by atoms with van der Waals surface area (Å²) in [5.41, 5.74) is 3.27. The van der Waals surface area contributed by atoms with E-state index >= 15 is 0 Å². The number of ether oxygens (including phenoxy) is 1. The van der Waals surface area contributed by atoms with Crippen molar-refractivity contribution in [1.82, 2.24) is 5.32 Å². The lowest BCUT2D eigenvalue weighted by Crippen LogP contribution is -2.42. The summed E-state index contributed by atoms with van der Waals surface area (Å²) in [6.07, 6.45) is 2.29. The molecule has 2 aliphatic rings. The Bertz CT molecular complexity index is 938. The van der Waals surface area contributed by atoms with E-state index in [1.807, 2.05) is 19.1 Å². The number of nitrogens with one attached hydrogen (secondary N) is 1. The van der Waals surface area contributed by atoms with Gasteiger partial charge in [0.1, 0.15) is 11.9 Å². The zero-order valence-electron chi connectivity index (χ0n) is 17.3. The van der Waals surface area contributed by atoms with Crippen LogP contribution in [-0.2, 0) is 11.2 Å². The third-order valence-corrected chi connectivity index (χ3v) is 6.11. The minimum atomic E-state index is -0.636. The maximum Gasteiger partial charge on any atom is 0.141 e. The highest BCUT2D eigenvalue weighted by Crippen LogP contribution is 2.36. The molecule has 2 aliphatic heterocycles. The van der Waals surface area contributed by atoms with Crippen molar-refractivity contribution >= 4 is 5.69 Å². The standard InChI is InChI=1S/C24H28FN3O2/c1-24(29)6-9-28(10-7-24)23-5-2-17(12-20-16-27-8-11-30-20)13-21(23)18-3-4-19(15-26)22(25)14-18/h2-5,13-14,20,27,29H,6-12,16H2,1H3. The summed E-state index contributed by atoms with van der Waals surface area (Å²) in [6, 6.07) is 13.0. The summed E-state index contributed by atoms with van der Waals surface area (Å²) in [7, 11) is 0. The molecule has 0 saturated carbocycles. The van der Waals surface area contributed by atoms with Gasteiger partial charge in [0.05, 0.1) is 23.9 Å². The molecule has 0 spiro atoms. The second-order valence-electron chi connectivity index (χ2n) is 8.54. The van der Waals surface area contributed by atoms with Gasteiger partial charge in [-0.25, -0.2) is 4.39 Å². The summed E-state index contributed by atoms with van der Waals surface area (Å²) in [4.78, 5) is 2.26. The minimum absolute atomic E-state index is 0.0483. The number of morpholine rings is 1. The van der Waals surface area contributed by atoms with Crippen LogP contribution in [0.4, 0.5) is 10.1 Å². The van der Waals surface area contributed by atoms with E-state index in [-0.39, 0.29) is 11.7 Å². The molecule has 1 atom stereocenters. The highest BCUT2D eigenvalue weighted by atomic mass is 19.1. The molecule has 4 rings (SSSR count). The van der Waals surface area contributed by atoms with Crippen molar-refractivity contribution in [3.05, 3.63) is 53.3 Å². The highest BCUT2D eigenvalue weighted by Gasteiger charge is 2.28. The summed E-state index contributed by atoms with van der Waals surface area (Å²) in [6.45, 7) is 5.78. The number of nitrogens with zero attached hydrogens (tertiary/aromatic N) is 2. The van der Waals surface area contributed by atoms with E-state index in [2.05, 4.69) is 28.4 Å². The third-order valence-electron chi connectivity index (χ3n) is 6.11. The van der Waals surface area contributed by atoms with Gasteiger partial charge < -0.3 is 20.1 Å². The summed E-state index contributed by atoms with van der Waals surface area (Å²) in [5, 5.41) is 22.7. The molecule has 0 aromatic heterocycles. The van der Waals surface area contributed by atoms with Gasteiger partial charge in [-0.05, 0) is 61.6 Å². The maximum absolute atomic E-state index is 14.4. The summed E-state index contributed by atoms with van der Waals surface area (Å²) < 4.78 is 20.2. The number of hydrogen-bond donors (Lipinski definition) is 2. The van der Waals surface area contributed by atoms with Crippen LogP contribution >= 0.6 is 0 Å². The minimum Gasteiger partial charge on any atom is -0.390 e. The molecule has 2 aromatic carbocycles. The van der Waals surface area contributed by atoms with Crippen LogP contribution in [0.3, 0.4) is 0 Å². The van der Waals surface area contributed by atoms with E-state index in [4.69, 9.17) is 10.00 Å². The molecule has 158 valence electrons. The zero-order valence-corrected chi connectivity index (χ0v) is 17.3. The topological polar surface area (TPSA) is 68.5 Å². The molecule has 1 unspecified atom stereocenters. The van der Waals surface area contributed by atoms with Gasteiger partial charge in [-0.3, -0.25) is 0 Å². The number of piperidine rings is 1. The van der Waals surface area contributed by atoms with Crippen LogP contribution in [0.15, 0.2) is 36.4 Å². The Hall–Kier alpha value is -2.46. The summed E-state index contributed by atoms with van der Waals surface area (Å²) in [5.74, 6) is -0.507. The van der Waals surface area contributed by atoms with Gasteiger partial charge in [0.2, 0.25) is 0 Å². The Morgan fingerprint density at radius 2 is 2.07 bits per heavy atom. The fourth-order valence-corrected chi connectivity index (χ4v) is 4.23. The third kappa shape index (κ3) is 4.65. The zero-order chi connectivity index (χ0) is 21.1. The first kappa shape index (κ1) is 20.8. The molecule has 2 saturated heterocycles. The molecule has 6 heteroatoms. The Balaban J connectivity index is 1.68. The first-order chi connectivity index (χ1) is 14.4. The smallest absolute Gasteiger partial charge is 0.141 e. The lowest BCUT2D eigenvalue weighted by molar-refractivity contribution is 0.0292. The fraction of sp³-hybridized carbons (Fsp3) is 0.458. The highest BCUT2D eigenvalue weighted by molar-refractivity contribution is 5.80. The van der Waals surface area contributed by atoms with E-state index < -0.39 is 11.4 Å². The van der Waals surface area contributed by atoms with Crippen molar-refractivity contribution in [1.29, 1.82) is 5.26 Å². The second kappa shape index (κ2) is 8.73. The molecule has 0 amide bonds. The Morgan fingerprint density at radius 3 is 2.73 bits per heavy atom. The van der Waals surface area contributed by atoms with Gasteiger partial charge in [0.25, 0.3) is 0 Å². The van der Waals surface area contributed by atoms with E-state index in [1.54, 1.807) is 0 Å². The van der Waals surface area contributed by atoms with Gasteiger partial charge in [-0.1, -0.05) is 12.1 Å². The van der Waals surface area contributed by atoms with Gasteiger partial charge in [0, 0.05) is 37.4 Å². The molecule has 0 bridgehead atoms. The molecule has 2 heterocycles. The fourth-order valence-electron chi connectivity index (χ4n) is 4.23. The number of anilines is 1. The van der Waals surface area contributed by atoms with Crippen LogP contribution in [0.25, 0.3) is 11.1 Å². The molecule has 2 aromatic rings. The monoisotopic (exact) mass is 409 g/mol.